The van der Waals surface area contributed by atoms with E-state index in [2.05, 4.69) is 27.7 Å². The first-order valence-corrected chi connectivity index (χ1v) is 15.4. The average molecular weight is 393 g/mol. The Morgan fingerprint density at radius 2 is 1.05 bits per heavy atom. The maximum atomic E-state index is 6.44. The number of hydrogen-bond donors (Lipinski definition) is 0. The standard InChI is InChI=1S/2C5H11O.C4H9.C3H7.Sn/c2*1-2-3-4-5-6;1-3-4-2;1-3-2;/h2*2-5H2,1H3;1,3-4H2,2H3;1,3H2,2H3;/q2*-1;;;+2. The maximum absolute atomic E-state index is 6.44. The van der Waals surface area contributed by atoms with Gasteiger partial charge in [-0.3, -0.25) is 0 Å². The summed E-state index contributed by atoms with van der Waals surface area (Å²) in [6, 6.07) is 0. The van der Waals surface area contributed by atoms with E-state index in [0.29, 0.717) is 0 Å². The van der Waals surface area contributed by atoms with Crippen molar-refractivity contribution in [2.24, 2.45) is 0 Å². The minimum atomic E-state index is -2.74. The molecule has 0 aromatic carbocycles. The fourth-order valence-electron chi connectivity index (χ4n) is 2.50. The van der Waals surface area contributed by atoms with E-state index in [1.54, 1.807) is 0 Å². The molecule has 0 unspecified atom stereocenters. The molecule has 0 amide bonds. The van der Waals surface area contributed by atoms with Gasteiger partial charge in [-0.05, 0) is 0 Å². The van der Waals surface area contributed by atoms with Crippen LogP contribution in [0.15, 0.2) is 0 Å². The van der Waals surface area contributed by atoms with E-state index in [4.69, 9.17) is 6.15 Å². The van der Waals surface area contributed by atoms with E-state index in [0.717, 1.165) is 13.2 Å². The molecule has 0 fully saturated rings. The van der Waals surface area contributed by atoms with E-state index in [9.17, 15) is 0 Å². The van der Waals surface area contributed by atoms with Crippen molar-refractivity contribution in [2.45, 2.75) is 94.4 Å². The molecule has 0 spiro atoms. The van der Waals surface area contributed by atoms with Crippen LogP contribution in [0.2, 0.25) is 8.87 Å². The summed E-state index contributed by atoms with van der Waals surface area (Å²) in [5.41, 5.74) is 0. The second-order valence-corrected chi connectivity index (χ2v) is 15.6. The van der Waals surface area contributed by atoms with Crippen molar-refractivity contribution in [3.63, 3.8) is 0 Å². The monoisotopic (exact) mass is 394 g/mol. The predicted octanol–water partition coefficient (Wildman–Crippen LogP) is 6.05. The molecule has 0 N–H and O–H groups in total. The summed E-state index contributed by atoms with van der Waals surface area (Å²) in [7, 11) is 0. The van der Waals surface area contributed by atoms with Gasteiger partial charge in [-0.25, -0.2) is 0 Å². The van der Waals surface area contributed by atoms with Crippen LogP contribution in [0.1, 0.15) is 85.5 Å². The Hall–Kier alpha value is 0.719. The molecule has 0 rings (SSSR count). The van der Waals surface area contributed by atoms with Gasteiger partial charge in [0.25, 0.3) is 0 Å². The summed E-state index contributed by atoms with van der Waals surface area (Å²) in [5.74, 6) is 0. The number of hydrogen-bond acceptors (Lipinski definition) is 2. The van der Waals surface area contributed by atoms with Gasteiger partial charge in [0.05, 0.1) is 0 Å². The molecular formula is C17H38O2Sn. The van der Waals surface area contributed by atoms with E-state index >= 15 is 0 Å². The third-order valence-electron chi connectivity index (χ3n) is 3.77. The van der Waals surface area contributed by atoms with Gasteiger partial charge < -0.3 is 0 Å². The van der Waals surface area contributed by atoms with Gasteiger partial charge in [0.1, 0.15) is 0 Å². The minimum absolute atomic E-state index is 0.946. The Morgan fingerprint density at radius 3 is 1.45 bits per heavy atom. The van der Waals surface area contributed by atoms with E-state index in [-0.39, 0.29) is 0 Å². The van der Waals surface area contributed by atoms with Crippen molar-refractivity contribution in [2.75, 3.05) is 13.2 Å². The Balaban J connectivity index is 4.32. The summed E-state index contributed by atoms with van der Waals surface area (Å²) in [4.78, 5) is 0. The molecule has 0 aliphatic heterocycles. The first-order chi connectivity index (χ1) is 9.74. The van der Waals surface area contributed by atoms with Gasteiger partial charge in [0.2, 0.25) is 0 Å². The molecule has 0 bridgehead atoms. The van der Waals surface area contributed by atoms with Crippen molar-refractivity contribution in [1.29, 1.82) is 0 Å². The molecular weight excluding hydrogens is 355 g/mol. The molecule has 3 heteroatoms. The topological polar surface area (TPSA) is 18.5 Å². The van der Waals surface area contributed by atoms with Crippen molar-refractivity contribution in [3.8, 4) is 0 Å². The van der Waals surface area contributed by atoms with E-state index in [1.165, 1.54) is 66.7 Å². The number of rotatable bonds is 15. The fourth-order valence-corrected chi connectivity index (χ4v) is 12.8. The molecule has 0 aliphatic carbocycles. The average Bonchev–Trinajstić information content (AvgIpc) is 2.46. The normalized spacial score (nSPS) is 12.0. The second kappa shape index (κ2) is 14.6. The first-order valence-electron chi connectivity index (χ1n) is 9.02. The Kier molecular flexibility index (Phi) is 15.2. The molecule has 0 saturated carbocycles. The Morgan fingerprint density at radius 1 is 0.550 bits per heavy atom. The van der Waals surface area contributed by atoms with Crippen LogP contribution < -0.4 is 0 Å². The fraction of sp³-hybridized carbons (Fsp3) is 1.00. The van der Waals surface area contributed by atoms with Crippen molar-refractivity contribution < 1.29 is 6.15 Å². The zero-order valence-corrected chi connectivity index (χ0v) is 17.4. The summed E-state index contributed by atoms with van der Waals surface area (Å²) in [6.07, 6.45) is 11.3. The van der Waals surface area contributed by atoms with Gasteiger partial charge in [0, 0.05) is 0 Å². The van der Waals surface area contributed by atoms with Gasteiger partial charge >= 0.3 is 133 Å². The molecule has 2 nitrogen and oxygen atoms in total. The molecule has 0 saturated heterocycles. The van der Waals surface area contributed by atoms with Crippen LogP contribution in [0.4, 0.5) is 0 Å². The van der Waals surface area contributed by atoms with Gasteiger partial charge in [0.15, 0.2) is 0 Å². The van der Waals surface area contributed by atoms with Crippen LogP contribution in [-0.2, 0) is 6.15 Å². The molecule has 122 valence electrons. The summed E-state index contributed by atoms with van der Waals surface area (Å²) in [5, 5.41) is 0. The van der Waals surface area contributed by atoms with Crippen LogP contribution >= 0.6 is 0 Å². The summed E-state index contributed by atoms with van der Waals surface area (Å²) in [6.45, 7) is 10.9. The molecule has 0 aromatic rings. The zero-order chi connectivity index (χ0) is 15.1. The molecule has 20 heavy (non-hydrogen) atoms. The molecule has 0 atom stereocenters. The Labute approximate surface area is 133 Å². The summed E-state index contributed by atoms with van der Waals surface area (Å²) >= 11 is -2.74. The van der Waals surface area contributed by atoms with Gasteiger partial charge in [-0.15, -0.1) is 0 Å². The van der Waals surface area contributed by atoms with Crippen molar-refractivity contribution in [3.05, 3.63) is 0 Å². The molecule has 0 aromatic heterocycles. The van der Waals surface area contributed by atoms with Crippen LogP contribution in [0.5, 0.6) is 0 Å². The van der Waals surface area contributed by atoms with Crippen molar-refractivity contribution >= 4 is 19.2 Å². The third kappa shape index (κ3) is 10.4. The molecule has 0 radical (unpaired) electrons. The predicted molar refractivity (Wildman–Crippen MR) is 91.5 cm³/mol. The van der Waals surface area contributed by atoms with Crippen LogP contribution in [-0.4, -0.2) is 32.4 Å². The van der Waals surface area contributed by atoms with Crippen LogP contribution in [0.25, 0.3) is 0 Å². The SMILES string of the molecule is CCCCC[O][Sn]([CH2]CC)([CH2]CCC)[O]CCCCC. The van der Waals surface area contributed by atoms with Crippen LogP contribution in [0.3, 0.4) is 0 Å². The quantitative estimate of drug-likeness (QED) is 0.249. The zero-order valence-electron chi connectivity index (χ0n) is 14.5. The first kappa shape index (κ1) is 20.7. The van der Waals surface area contributed by atoms with E-state index < -0.39 is 19.2 Å². The van der Waals surface area contributed by atoms with Crippen LogP contribution in [0, 0.1) is 0 Å². The molecule has 0 heterocycles. The second-order valence-electron chi connectivity index (χ2n) is 5.88. The summed E-state index contributed by atoms with van der Waals surface area (Å²) < 4.78 is 15.4. The number of unbranched alkanes of at least 4 members (excludes halogenated alkanes) is 5. The van der Waals surface area contributed by atoms with Crippen molar-refractivity contribution in [1.82, 2.24) is 0 Å². The third-order valence-corrected chi connectivity index (χ3v) is 14.7. The molecule has 0 aliphatic rings. The Bertz CT molecular complexity index is 185. The van der Waals surface area contributed by atoms with Gasteiger partial charge in [-0.1, -0.05) is 0 Å². The van der Waals surface area contributed by atoms with E-state index in [1.807, 2.05) is 0 Å². The van der Waals surface area contributed by atoms with Gasteiger partial charge in [-0.2, -0.15) is 0 Å².